The number of carboxylic acids is 1. The zero-order chi connectivity index (χ0) is 18.1. The Bertz CT molecular complexity index is 844. The Morgan fingerprint density at radius 1 is 0.885 bits per heavy atom. The Labute approximate surface area is 151 Å². The summed E-state index contributed by atoms with van der Waals surface area (Å²) in [4.78, 5) is 24.2. The molecule has 1 fully saturated rings. The Morgan fingerprint density at radius 2 is 1.50 bits per heavy atom. The fourth-order valence-electron chi connectivity index (χ4n) is 3.97. The molecule has 26 heavy (non-hydrogen) atoms. The molecule has 2 aromatic rings. The number of hydrogen-bond acceptors (Lipinski definition) is 3. The molecule has 0 heterocycles. The van der Waals surface area contributed by atoms with Crippen LogP contribution in [-0.2, 0) is 9.59 Å². The third kappa shape index (κ3) is 3.08. The number of rotatable bonds is 5. The number of nitrogens with one attached hydrogen (secondary N) is 1. The quantitative estimate of drug-likeness (QED) is 0.802. The lowest BCUT2D eigenvalue weighted by molar-refractivity contribution is -0.146. The molecule has 0 unspecified atom stereocenters. The minimum atomic E-state index is -0.895. The monoisotopic (exact) mass is 349 g/mol. The summed E-state index contributed by atoms with van der Waals surface area (Å²) in [5.74, 6) is -0.882. The molecule has 1 saturated carbocycles. The highest BCUT2D eigenvalue weighted by molar-refractivity contribution is 5.96. The van der Waals surface area contributed by atoms with E-state index in [9.17, 15) is 14.7 Å². The van der Waals surface area contributed by atoms with Gasteiger partial charge < -0.3 is 15.2 Å². The predicted molar refractivity (Wildman–Crippen MR) is 96.9 cm³/mol. The number of fused-ring (bicyclic) bond motifs is 2. The molecule has 0 radical (unpaired) electrons. The molecule has 4 rings (SSSR count). The van der Waals surface area contributed by atoms with Crippen LogP contribution in [0.15, 0.2) is 66.7 Å². The Hall–Kier alpha value is -3.08. The van der Waals surface area contributed by atoms with E-state index in [1.165, 1.54) is 0 Å². The Morgan fingerprint density at radius 3 is 2.15 bits per heavy atom. The average Bonchev–Trinajstić information content (AvgIpc) is 3.25. The van der Waals surface area contributed by atoms with Crippen molar-refractivity contribution in [3.8, 4) is 11.5 Å². The van der Waals surface area contributed by atoms with E-state index in [0.29, 0.717) is 11.4 Å². The third-order valence-electron chi connectivity index (χ3n) is 5.15. The number of para-hydroxylation sites is 1. The maximum Gasteiger partial charge on any atom is 0.307 e. The number of carboxylic acid groups (broad SMARTS) is 1. The molecular formula is C21H19NO4. The molecule has 2 aromatic carbocycles. The Kier molecular flexibility index (Phi) is 4.21. The highest BCUT2D eigenvalue weighted by atomic mass is 16.5. The summed E-state index contributed by atoms with van der Waals surface area (Å²) in [7, 11) is 0. The van der Waals surface area contributed by atoms with E-state index < -0.39 is 17.8 Å². The lowest BCUT2D eigenvalue weighted by Crippen LogP contribution is -2.36. The second-order valence-electron chi connectivity index (χ2n) is 6.77. The van der Waals surface area contributed by atoms with Crippen LogP contribution in [0, 0.1) is 23.7 Å². The van der Waals surface area contributed by atoms with Crippen molar-refractivity contribution in [3.05, 3.63) is 66.7 Å². The van der Waals surface area contributed by atoms with Crippen LogP contribution in [-0.4, -0.2) is 17.0 Å². The molecular weight excluding hydrogens is 330 g/mol. The van der Waals surface area contributed by atoms with Gasteiger partial charge in [0.2, 0.25) is 5.91 Å². The lowest BCUT2D eigenvalue weighted by atomic mass is 9.82. The third-order valence-corrected chi connectivity index (χ3v) is 5.15. The van der Waals surface area contributed by atoms with Crippen LogP contribution < -0.4 is 10.1 Å². The molecule has 5 heteroatoms. The molecule has 0 spiro atoms. The van der Waals surface area contributed by atoms with Crippen LogP contribution in [0.5, 0.6) is 11.5 Å². The van der Waals surface area contributed by atoms with E-state index in [1.54, 1.807) is 24.3 Å². The number of hydrogen-bond donors (Lipinski definition) is 2. The van der Waals surface area contributed by atoms with Crippen molar-refractivity contribution in [1.29, 1.82) is 0 Å². The predicted octanol–water partition coefficient (Wildman–Crippen LogP) is 3.94. The van der Waals surface area contributed by atoms with Gasteiger partial charge in [-0.05, 0) is 54.7 Å². The lowest BCUT2D eigenvalue weighted by Gasteiger charge is -2.23. The van der Waals surface area contributed by atoms with Gasteiger partial charge in [-0.1, -0.05) is 30.4 Å². The Balaban J connectivity index is 1.43. The number of allylic oxidation sites excluding steroid dienone is 2. The van der Waals surface area contributed by atoms with Gasteiger partial charge in [-0.3, -0.25) is 9.59 Å². The molecule has 2 aliphatic rings. The second-order valence-corrected chi connectivity index (χ2v) is 6.77. The van der Waals surface area contributed by atoms with Crippen LogP contribution in [0.2, 0.25) is 0 Å². The molecule has 4 atom stereocenters. The molecule has 2 N–H and O–H groups in total. The maximum atomic E-state index is 12.7. The highest BCUT2D eigenvalue weighted by Gasteiger charge is 2.51. The van der Waals surface area contributed by atoms with Crippen molar-refractivity contribution < 1.29 is 19.4 Å². The molecule has 0 aliphatic heterocycles. The van der Waals surface area contributed by atoms with Crippen LogP contribution in [0.3, 0.4) is 0 Å². The molecule has 2 aliphatic carbocycles. The fraction of sp³-hybridized carbons (Fsp3) is 0.238. The van der Waals surface area contributed by atoms with Gasteiger partial charge in [0.25, 0.3) is 0 Å². The van der Waals surface area contributed by atoms with Gasteiger partial charge in [-0.25, -0.2) is 0 Å². The van der Waals surface area contributed by atoms with Gasteiger partial charge in [0.05, 0.1) is 11.8 Å². The van der Waals surface area contributed by atoms with Crippen molar-refractivity contribution in [2.24, 2.45) is 23.7 Å². The van der Waals surface area contributed by atoms with Gasteiger partial charge in [-0.15, -0.1) is 0 Å². The number of amides is 1. The van der Waals surface area contributed by atoms with Crippen LogP contribution in [0.25, 0.3) is 0 Å². The van der Waals surface area contributed by atoms with E-state index in [2.05, 4.69) is 5.32 Å². The number of ether oxygens (including phenoxy) is 1. The first-order valence-electron chi connectivity index (χ1n) is 8.67. The smallest absolute Gasteiger partial charge is 0.307 e. The summed E-state index contributed by atoms with van der Waals surface area (Å²) in [6, 6.07) is 16.5. The van der Waals surface area contributed by atoms with Crippen molar-refractivity contribution in [3.63, 3.8) is 0 Å². The topological polar surface area (TPSA) is 75.6 Å². The summed E-state index contributed by atoms with van der Waals surface area (Å²) in [6.45, 7) is 0. The average molecular weight is 349 g/mol. The summed E-state index contributed by atoms with van der Waals surface area (Å²) < 4.78 is 5.73. The van der Waals surface area contributed by atoms with Crippen molar-refractivity contribution in [2.45, 2.75) is 6.42 Å². The maximum absolute atomic E-state index is 12.7. The zero-order valence-electron chi connectivity index (χ0n) is 14.0. The normalized spacial score (nSPS) is 25.8. The first-order chi connectivity index (χ1) is 12.6. The summed E-state index contributed by atoms with van der Waals surface area (Å²) in [5, 5.41) is 12.3. The van der Waals surface area contributed by atoms with Crippen molar-refractivity contribution in [1.82, 2.24) is 0 Å². The number of aliphatic carboxylic acids is 1. The summed E-state index contributed by atoms with van der Waals surface area (Å²) >= 11 is 0. The van der Waals surface area contributed by atoms with E-state index >= 15 is 0 Å². The summed E-state index contributed by atoms with van der Waals surface area (Å²) in [5.41, 5.74) is 0.631. The summed E-state index contributed by atoms with van der Waals surface area (Å²) in [6.07, 6.45) is 4.66. The number of anilines is 1. The van der Waals surface area contributed by atoms with Gasteiger partial charge in [0.15, 0.2) is 0 Å². The first kappa shape index (κ1) is 16.4. The van der Waals surface area contributed by atoms with Gasteiger partial charge in [0.1, 0.15) is 11.5 Å². The van der Waals surface area contributed by atoms with Crippen molar-refractivity contribution >= 4 is 17.6 Å². The minimum absolute atomic E-state index is 0.0155. The molecule has 5 nitrogen and oxygen atoms in total. The second kappa shape index (κ2) is 6.67. The fourth-order valence-corrected chi connectivity index (χ4v) is 3.97. The number of carbonyl (C=O) groups is 2. The number of benzene rings is 2. The van der Waals surface area contributed by atoms with Crippen molar-refractivity contribution in [2.75, 3.05) is 5.32 Å². The number of carbonyl (C=O) groups excluding carboxylic acids is 1. The molecule has 2 bridgehead atoms. The molecule has 0 aromatic heterocycles. The SMILES string of the molecule is O=C(O)[C@@H]1[C@H](C(=O)Nc2ccc(Oc3ccccc3)cc2)[C@H]2C=C[C@@H]1C2. The van der Waals surface area contributed by atoms with Gasteiger partial charge >= 0.3 is 5.97 Å². The van der Waals surface area contributed by atoms with E-state index in [1.807, 2.05) is 42.5 Å². The van der Waals surface area contributed by atoms with Gasteiger partial charge in [0, 0.05) is 5.69 Å². The first-order valence-corrected chi connectivity index (χ1v) is 8.67. The largest absolute Gasteiger partial charge is 0.481 e. The van der Waals surface area contributed by atoms with Crippen LogP contribution >= 0.6 is 0 Å². The van der Waals surface area contributed by atoms with E-state index in [0.717, 1.165) is 12.2 Å². The highest BCUT2D eigenvalue weighted by Crippen LogP contribution is 2.48. The molecule has 1 amide bonds. The van der Waals surface area contributed by atoms with Crippen LogP contribution in [0.4, 0.5) is 5.69 Å². The van der Waals surface area contributed by atoms with Crippen LogP contribution in [0.1, 0.15) is 6.42 Å². The van der Waals surface area contributed by atoms with E-state index in [-0.39, 0.29) is 17.7 Å². The standard InChI is InChI=1S/C21H19NO4/c23-20(18-13-6-7-14(12-13)19(18)21(24)25)22-15-8-10-17(11-9-15)26-16-4-2-1-3-5-16/h1-11,13-14,18-19H,12H2,(H,22,23)(H,24,25)/t13-,14+,18+,19-/m0/s1. The van der Waals surface area contributed by atoms with E-state index in [4.69, 9.17) is 4.74 Å². The zero-order valence-corrected chi connectivity index (χ0v) is 14.0. The minimum Gasteiger partial charge on any atom is -0.481 e. The molecule has 132 valence electrons. The molecule has 0 saturated heterocycles. The van der Waals surface area contributed by atoms with Gasteiger partial charge in [-0.2, -0.15) is 0 Å².